The summed E-state index contributed by atoms with van der Waals surface area (Å²) < 4.78 is 0. The molecule has 0 radical (unpaired) electrons. The van der Waals surface area contributed by atoms with Crippen LogP contribution in [0.3, 0.4) is 0 Å². The first kappa shape index (κ1) is 15.0. The highest BCUT2D eigenvalue weighted by molar-refractivity contribution is 5.95. The van der Waals surface area contributed by atoms with Crippen molar-refractivity contribution in [3.8, 4) is 11.4 Å². The number of H-pyrrole nitrogens is 2. The zero-order valence-corrected chi connectivity index (χ0v) is 13.3. The number of hydrogen-bond acceptors (Lipinski definition) is 2. The second-order valence-electron chi connectivity index (χ2n) is 6.00. The molecule has 0 bridgehead atoms. The summed E-state index contributed by atoms with van der Waals surface area (Å²) in [4.78, 5) is 7.00. The fourth-order valence-corrected chi connectivity index (χ4v) is 3.57. The smallest absolute Gasteiger partial charge is 0.0667 e. The molecule has 0 unspecified atom stereocenters. The molecule has 0 aliphatic rings. The number of hydrogen-bond donors (Lipinski definition) is 4. The van der Waals surface area contributed by atoms with Gasteiger partial charge in [-0.1, -0.05) is 36.4 Å². The lowest BCUT2D eigenvalue weighted by molar-refractivity contribution is 0.299. The summed E-state index contributed by atoms with van der Waals surface area (Å²) in [5.41, 5.74) is 6.35. The van der Waals surface area contributed by atoms with Gasteiger partial charge in [0, 0.05) is 35.0 Å². The molecule has 4 aromatic rings. The average molecular weight is 320 g/mol. The lowest BCUT2D eigenvalue weighted by atomic mass is 10.0. The molecular formula is C20H20N2O2. The molecule has 0 saturated carbocycles. The van der Waals surface area contributed by atoms with Crippen LogP contribution in [0.1, 0.15) is 11.1 Å². The van der Waals surface area contributed by atoms with Crippen LogP contribution >= 0.6 is 0 Å². The average Bonchev–Trinajstić information content (AvgIpc) is 3.15. The van der Waals surface area contributed by atoms with E-state index in [1.54, 1.807) is 0 Å². The van der Waals surface area contributed by atoms with Gasteiger partial charge in [-0.2, -0.15) is 0 Å². The summed E-state index contributed by atoms with van der Waals surface area (Å²) in [6.45, 7) is 0.203. The molecule has 4 rings (SSSR count). The third-order valence-electron chi connectivity index (χ3n) is 4.60. The number of aromatic nitrogens is 2. The third-order valence-corrected chi connectivity index (χ3v) is 4.60. The highest BCUT2D eigenvalue weighted by atomic mass is 16.3. The Hall–Kier alpha value is -2.56. The van der Waals surface area contributed by atoms with Crippen LogP contribution in [-0.2, 0) is 12.8 Å². The Morgan fingerprint density at radius 3 is 1.46 bits per heavy atom. The summed E-state index contributed by atoms with van der Waals surface area (Å²) >= 11 is 0. The van der Waals surface area contributed by atoms with E-state index in [2.05, 4.69) is 22.1 Å². The van der Waals surface area contributed by atoms with Crippen LogP contribution in [-0.4, -0.2) is 33.4 Å². The molecular weight excluding hydrogens is 300 g/mol. The monoisotopic (exact) mass is 320 g/mol. The number of benzene rings is 2. The molecule has 0 aliphatic carbocycles. The molecule has 0 fully saturated rings. The first-order chi connectivity index (χ1) is 11.8. The zero-order chi connectivity index (χ0) is 16.5. The van der Waals surface area contributed by atoms with Crippen molar-refractivity contribution < 1.29 is 10.2 Å². The normalized spacial score (nSPS) is 11.6. The highest BCUT2D eigenvalue weighted by Crippen LogP contribution is 2.35. The molecule has 2 aromatic carbocycles. The largest absolute Gasteiger partial charge is 0.396 e. The summed E-state index contributed by atoms with van der Waals surface area (Å²) in [5.74, 6) is 0. The van der Waals surface area contributed by atoms with Crippen LogP contribution in [0, 0.1) is 0 Å². The van der Waals surface area contributed by atoms with Gasteiger partial charge in [0.15, 0.2) is 0 Å². The minimum Gasteiger partial charge on any atom is -0.396 e. The SMILES string of the molecule is OCCc1c(-c2[nH]c3ccccc3c2CCO)[nH]c2ccccc12. The molecule has 0 spiro atoms. The summed E-state index contributed by atoms with van der Waals surface area (Å²) in [6.07, 6.45) is 1.18. The van der Waals surface area contributed by atoms with Crippen LogP contribution in [0.5, 0.6) is 0 Å². The van der Waals surface area contributed by atoms with Crippen LogP contribution in [0.4, 0.5) is 0 Å². The van der Waals surface area contributed by atoms with E-state index in [0.29, 0.717) is 12.8 Å². The maximum absolute atomic E-state index is 9.52. The molecule has 4 N–H and O–H groups in total. The summed E-state index contributed by atoms with van der Waals surface area (Å²) in [7, 11) is 0. The number of nitrogens with one attached hydrogen (secondary N) is 2. The topological polar surface area (TPSA) is 72.0 Å². The Kier molecular flexibility index (Phi) is 3.84. The van der Waals surface area contributed by atoms with Gasteiger partial charge >= 0.3 is 0 Å². The summed E-state index contributed by atoms with van der Waals surface area (Å²) in [6, 6.07) is 16.3. The second-order valence-corrected chi connectivity index (χ2v) is 6.00. The van der Waals surface area contributed by atoms with E-state index in [-0.39, 0.29) is 13.2 Å². The number of aliphatic hydroxyl groups excluding tert-OH is 2. The Morgan fingerprint density at radius 1 is 0.625 bits per heavy atom. The van der Waals surface area contributed by atoms with Gasteiger partial charge in [-0.3, -0.25) is 0 Å². The molecule has 2 aromatic heterocycles. The van der Waals surface area contributed by atoms with E-state index in [1.807, 2.05) is 36.4 Å². The molecule has 2 heterocycles. The Morgan fingerprint density at radius 2 is 1.04 bits per heavy atom. The van der Waals surface area contributed by atoms with Gasteiger partial charge in [0.25, 0.3) is 0 Å². The van der Waals surface area contributed by atoms with E-state index in [4.69, 9.17) is 0 Å². The van der Waals surface area contributed by atoms with Gasteiger partial charge in [-0.05, 0) is 36.1 Å². The van der Waals surface area contributed by atoms with Gasteiger partial charge in [0.2, 0.25) is 0 Å². The fraction of sp³-hybridized carbons (Fsp3) is 0.200. The molecule has 0 aliphatic heterocycles. The maximum Gasteiger partial charge on any atom is 0.0667 e. The Bertz CT molecular complexity index is 915. The van der Waals surface area contributed by atoms with E-state index < -0.39 is 0 Å². The first-order valence-corrected chi connectivity index (χ1v) is 8.24. The molecule has 0 amide bonds. The Balaban J connectivity index is 2.02. The third kappa shape index (κ3) is 2.31. The minimum absolute atomic E-state index is 0.102. The number of para-hydroxylation sites is 2. The first-order valence-electron chi connectivity index (χ1n) is 8.24. The molecule has 4 nitrogen and oxygen atoms in total. The molecule has 0 atom stereocenters. The van der Waals surface area contributed by atoms with Crippen LogP contribution < -0.4 is 0 Å². The van der Waals surface area contributed by atoms with E-state index in [1.165, 1.54) is 0 Å². The number of aliphatic hydroxyl groups is 2. The lowest BCUT2D eigenvalue weighted by Crippen LogP contribution is -1.97. The van der Waals surface area contributed by atoms with Gasteiger partial charge in [-0.25, -0.2) is 0 Å². The van der Waals surface area contributed by atoms with E-state index in [9.17, 15) is 10.2 Å². The molecule has 4 heteroatoms. The van der Waals surface area contributed by atoms with E-state index >= 15 is 0 Å². The number of aromatic amines is 2. The number of fused-ring (bicyclic) bond motifs is 2. The summed E-state index contributed by atoms with van der Waals surface area (Å²) in [5, 5.41) is 21.3. The van der Waals surface area contributed by atoms with Crippen molar-refractivity contribution in [3.63, 3.8) is 0 Å². The van der Waals surface area contributed by atoms with Crippen LogP contribution in [0.25, 0.3) is 33.2 Å². The fourth-order valence-electron chi connectivity index (χ4n) is 3.57. The van der Waals surface area contributed by atoms with Crippen molar-refractivity contribution in [2.24, 2.45) is 0 Å². The highest BCUT2D eigenvalue weighted by Gasteiger charge is 2.18. The minimum atomic E-state index is 0.102. The predicted molar refractivity (Wildman–Crippen MR) is 97.2 cm³/mol. The zero-order valence-electron chi connectivity index (χ0n) is 13.3. The van der Waals surface area contributed by atoms with Crippen LogP contribution in [0.15, 0.2) is 48.5 Å². The maximum atomic E-state index is 9.52. The molecule has 24 heavy (non-hydrogen) atoms. The quantitative estimate of drug-likeness (QED) is 0.455. The van der Waals surface area contributed by atoms with Crippen molar-refractivity contribution in [1.29, 1.82) is 0 Å². The van der Waals surface area contributed by atoms with E-state index in [0.717, 1.165) is 44.3 Å². The van der Waals surface area contributed by atoms with Crippen molar-refractivity contribution >= 4 is 21.8 Å². The number of rotatable bonds is 5. The van der Waals surface area contributed by atoms with Crippen molar-refractivity contribution in [3.05, 3.63) is 59.7 Å². The molecule has 122 valence electrons. The van der Waals surface area contributed by atoms with Crippen LogP contribution in [0.2, 0.25) is 0 Å². The van der Waals surface area contributed by atoms with Gasteiger partial charge in [-0.15, -0.1) is 0 Å². The Labute approximate surface area is 139 Å². The standard InChI is InChI=1S/C20H20N2O2/c23-11-9-15-13-5-1-3-7-17(13)21-19(15)20-16(10-12-24)14-6-2-4-8-18(14)22-20/h1-8,21-24H,9-12H2. The lowest BCUT2D eigenvalue weighted by Gasteiger charge is -2.05. The predicted octanol–water partition coefficient (Wildman–Crippen LogP) is 3.39. The van der Waals surface area contributed by atoms with Crippen molar-refractivity contribution in [2.45, 2.75) is 12.8 Å². The molecule has 0 saturated heterocycles. The van der Waals surface area contributed by atoms with Crippen molar-refractivity contribution in [2.75, 3.05) is 13.2 Å². The van der Waals surface area contributed by atoms with Gasteiger partial charge < -0.3 is 20.2 Å². The van der Waals surface area contributed by atoms with Crippen molar-refractivity contribution in [1.82, 2.24) is 9.97 Å². The second kappa shape index (κ2) is 6.15. The van der Waals surface area contributed by atoms with Gasteiger partial charge in [0.1, 0.15) is 0 Å². The van der Waals surface area contributed by atoms with Gasteiger partial charge in [0.05, 0.1) is 11.4 Å².